The second-order valence-corrected chi connectivity index (χ2v) is 9.49. The SMILES string of the molecule is CC(C)CN(CCCC(NC(=O)O)C(=O)N[C@@H](C)c1cccc2ccccc12)CC(C)C. The van der Waals surface area contributed by atoms with Crippen molar-refractivity contribution in [2.24, 2.45) is 11.8 Å². The number of fused-ring (bicyclic) bond motifs is 1. The average molecular weight is 442 g/mol. The van der Waals surface area contributed by atoms with Crippen molar-refractivity contribution in [2.45, 2.75) is 59.5 Å². The van der Waals surface area contributed by atoms with Crippen LogP contribution in [0.3, 0.4) is 0 Å². The quantitative estimate of drug-likeness (QED) is 0.431. The van der Waals surface area contributed by atoms with Gasteiger partial charge in [0.25, 0.3) is 0 Å². The molecule has 2 aromatic carbocycles. The van der Waals surface area contributed by atoms with Gasteiger partial charge in [-0.15, -0.1) is 0 Å². The highest BCUT2D eigenvalue weighted by molar-refractivity contribution is 5.88. The Morgan fingerprint density at radius 1 is 0.906 bits per heavy atom. The molecule has 0 radical (unpaired) electrons. The number of rotatable bonds is 12. The van der Waals surface area contributed by atoms with Gasteiger partial charge in [0.2, 0.25) is 5.91 Å². The molecule has 2 amide bonds. The maximum atomic E-state index is 13.0. The lowest BCUT2D eigenvalue weighted by Gasteiger charge is -2.27. The Labute approximate surface area is 192 Å². The van der Waals surface area contributed by atoms with Gasteiger partial charge in [-0.2, -0.15) is 0 Å². The number of carbonyl (C=O) groups excluding carboxylic acids is 1. The van der Waals surface area contributed by atoms with E-state index in [9.17, 15) is 14.7 Å². The maximum Gasteiger partial charge on any atom is 0.405 e. The van der Waals surface area contributed by atoms with E-state index < -0.39 is 12.1 Å². The second kappa shape index (κ2) is 12.4. The monoisotopic (exact) mass is 441 g/mol. The van der Waals surface area contributed by atoms with Crippen molar-refractivity contribution in [3.05, 3.63) is 48.0 Å². The molecule has 3 N–H and O–H groups in total. The van der Waals surface area contributed by atoms with Gasteiger partial charge in [0.05, 0.1) is 6.04 Å². The van der Waals surface area contributed by atoms with E-state index in [1.807, 2.05) is 49.4 Å². The molecule has 0 heterocycles. The summed E-state index contributed by atoms with van der Waals surface area (Å²) in [6.45, 7) is 13.6. The van der Waals surface area contributed by atoms with Crippen molar-refractivity contribution in [1.29, 1.82) is 0 Å². The number of hydrogen-bond acceptors (Lipinski definition) is 3. The summed E-state index contributed by atoms with van der Waals surface area (Å²) in [5.41, 5.74) is 1.02. The van der Waals surface area contributed by atoms with Gasteiger partial charge in [-0.25, -0.2) is 4.79 Å². The fourth-order valence-electron chi connectivity index (χ4n) is 4.25. The highest BCUT2D eigenvalue weighted by Crippen LogP contribution is 2.24. The number of nitrogens with zero attached hydrogens (tertiary/aromatic N) is 1. The molecule has 32 heavy (non-hydrogen) atoms. The smallest absolute Gasteiger partial charge is 0.405 e. The summed E-state index contributed by atoms with van der Waals surface area (Å²) in [6.07, 6.45) is 0.0391. The molecular weight excluding hydrogens is 402 g/mol. The summed E-state index contributed by atoms with van der Waals surface area (Å²) in [4.78, 5) is 26.7. The molecule has 176 valence electrons. The van der Waals surface area contributed by atoms with E-state index in [2.05, 4.69) is 43.2 Å². The van der Waals surface area contributed by atoms with Gasteiger partial charge in [0, 0.05) is 13.1 Å². The van der Waals surface area contributed by atoms with Gasteiger partial charge in [0.1, 0.15) is 6.04 Å². The lowest BCUT2D eigenvalue weighted by atomic mass is 9.99. The van der Waals surface area contributed by atoms with Crippen LogP contribution in [0.5, 0.6) is 0 Å². The fourth-order valence-corrected chi connectivity index (χ4v) is 4.25. The molecule has 2 rings (SSSR count). The number of carbonyl (C=O) groups is 2. The van der Waals surface area contributed by atoms with Crippen LogP contribution in [-0.2, 0) is 4.79 Å². The molecule has 0 aliphatic heterocycles. The van der Waals surface area contributed by atoms with Gasteiger partial charge in [0.15, 0.2) is 0 Å². The van der Waals surface area contributed by atoms with E-state index in [1.165, 1.54) is 0 Å². The van der Waals surface area contributed by atoms with Crippen molar-refractivity contribution in [3.63, 3.8) is 0 Å². The third kappa shape index (κ3) is 8.15. The Bertz CT molecular complexity index is 866. The Morgan fingerprint density at radius 2 is 1.53 bits per heavy atom. The molecule has 1 unspecified atom stereocenters. The molecule has 2 atom stereocenters. The van der Waals surface area contributed by atoms with E-state index >= 15 is 0 Å². The first-order valence-corrected chi connectivity index (χ1v) is 11.7. The van der Waals surface area contributed by atoms with Crippen LogP contribution in [-0.4, -0.2) is 47.7 Å². The zero-order valence-electron chi connectivity index (χ0n) is 20.1. The fraction of sp³-hybridized carbons (Fsp3) is 0.538. The third-order valence-electron chi connectivity index (χ3n) is 5.48. The van der Waals surface area contributed by atoms with Crippen LogP contribution < -0.4 is 10.6 Å². The van der Waals surface area contributed by atoms with Crippen LogP contribution in [0.4, 0.5) is 4.79 Å². The van der Waals surface area contributed by atoms with Gasteiger partial charge < -0.3 is 20.6 Å². The lowest BCUT2D eigenvalue weighted by Crippen LogP contribution is -2.47. The molecule has 0 aliphatic rings. The normalized spacial score (nSPS) is 13.5. The van der Waals surface area contributed by atoms with Crippen LogP contribution in [0.25, 0.3) is 10.8 Å². The standard InChI is InChI=1S/C26H39N3O3/c1-18(2)16-29(17-19(3)4)15-9-14-24(28-26(31)32)25(30)27-20(5)22-13-8-11-21-10-6-7-12-23(21)22/h6-8,10-13,18-20,24,28H,9,14-17H2,1-5H3,(H,27,30)(H,31,32)/t20-,24?/m0/s1. The van der Waals surface area contributed by atoms with Gasteiger partial charge in [-0.1, -0.05) is 70.2 Å². The maximum absolute atomic E-state index is 13.0. The number of carboxylic acid groups (broad SMARTS) is 1. The van der Waals surface area contributed by atoms with E-state index in [0.717, 1.165) is 42.4 Å². The minimum absolute atomic E-state index is 0.231. The lowest BCUT2D eigenvalue weighted by molar-refractivity contribution is -0.123. The minimum Gasteiger partial charge on any atom is -0.465 e. The van der Waals surface area contributed by atoms with Crippen molar-refractivity contribution >= 4 is 22.8 Å². The summed E-state index contributed by atoms with van der Waals surface area (Å²) in [7, 11) is 0. The summed E-state index contributed by atoms with van der Waals surface area (Å²) in [5.74, 6) is 0.838. The zero-order valence-corrected chi connectivity index (χ0v) is 20.1. The van der Waals surface area contributed by atoms with Crippen LogP contribution in [0.2, 0.25) is 0 Å². The average Bonchev–Trinajstić information content (AvgIpc) is 2.71. The summed E-state index contributed by atoms with van der Waals surface area (Å²) in [5, 5.41) is 16.9. The number of nitrogens with one attached hydrogen (secondary N) is 2. The molecule has 0 bridgehead atoms. The van der Waals surface area contributed by atoms with E-state index in [-0.39, 0.29) is 11.9 Å². The van der Waals surface area contributed by atoms with Gasteiger partial charge in [-0.3, -0.25) is 4.79 Å². The molecular formula is C26H39N3O3. The topological polar surface area (TPSA) is 81.7 Å². The molecule has 0 saturated heterocycles. The first-order valence-electron chi connectivity index (χ1n) is 11.7. The van der Waals surface area contributed by atoms with E-state index in [0.29, 0.717) is 18.3 Å². The Hall–Kier alpha value is -2.60. The van der Waals surface area contributed by atoms with Crippen LogP contribution >= 0.6 is 0 Å². The molecule has 0 aliphatic carbocycles. The van der Waals surface area contributed by atoms with Gasteiger partial charge >= 0.3 is 6.09 Å². The summed E-state index contributed by atoms with van der Waals surface area (Å²) < 4.78 is 0. The molecule has 6 heteroatoms. The summed E-state index contributed by atoms with van der Waals surface area (Å²) in [6, 6.07) is 13.1. The second-order valence-electron chi connectivity index (χ2n) is 9.49. The number of benzene rings is 2. The van der Waals surface area contributed by atoms with E-state index in [4.69, 9.17) is 0 Å². The van der Waals surface area contributed by atoms with Crippen molar-refractivity contribution in [1.82, 2.24) is 15.5 Å². The Balaban J connectivity index is 2.03. The largest absolute Gasteiger partial charge is 0.465 e. The molecule has 0 fully saturated rings. The predicted octanol–water partition coefficient (Wildman–Crippen LogP) is 5.05. The van der Waals surface area contributed by atoms with Crippen molar-refractivity contribution < 1.29 is 14.7 Å². The van der Waals surface area contributed by atoms with Crippen LogP contribution in [0, 0.1) is 11.8 Å². The Morgan fingerprint density at radius 3 is 2.16 bits per heavy atom. The third-order valence-corrected chi connectivity index (χ3v) is 5.48. The first-order chi connectivity index (χ1) is 15.2. The zero-order chi connectivity index (χ0) is 23.7. The molecule has 0 aromatic heterocycles. The van der Waals surface area contributed by atoms with Crippen molar-refractivity contribution in [3.8, 4) is 0 Å². The van der Waals surface area contributed by atoms with E-state index in [1.54, 1.807) is 0 Å². The van der Waals surface area contributed by atoms with Crippen LogP contribution in [0.1, 0.15) is 59.1 Å². The predicted molar refractivity (Wildman–Crippen MR) is 131 cm³/mol. The van der Waals surface area contributed by atoms with Crippen molar-refractivity contribution in [2.75, 3.05) is 19.6 Å². The molecule has 0 spiro atoms. The van der Waals surface area contributed by atoms with Gasteiger partial charge in [-0.05, 0) is 54.5 Å². The Kier molecular flexibility index (Phi) is 9.97. The molecule has 0 saturated carbocycles. The minimum atomic E-state index is -1.18. The number of amides is 2. The van der Waals surface area contributed by atoms with Crippen LogP contribution in [0.15, 0.2) is 42.5 Å². The first kappa shape index (κ1) is 25.7. The summed E-state index contributed by atoms with van der Waals surface area (Å²) >= 11 is 0. The highest BCUT2D eigenvalue weighted by atomic mass is 16.4. The number of hydrogen-bond donors (Lipinski definition) is 3. The highest BCUT2D eigenvalue weighted by Gasteiger charge is 2.23. The molecule has 2 aromatic rings. The molecule has 6 nitrogen and oxygen atoms in total.